The Kier molecular flexibility index (Phi) is 5.01. The topological polar surface area (TPSA) is 44.8 Å². The van der Waals surface area contributed by atoms with E-state index in [1.165, 1.54) is 0 Å². The second kappa shape index (κ2) is 6.28. The lowest BCUT2D eigenvalue weighted by Gasteiger charge is -2.18. The summed E-state index contributed by atoms with van der Waals surface area (Å²) in [6.45, 7) is 7.97. The molecule has 0 aliphatic heterocycles. The third-order valence-corrected chi connectivity index (χ3v) is 1.80. The van der Waals surface area contributed by atoms with E-state index < -0.39 is 11.8 Å². The molecule has 1 aromatic carbocycles. The van der Waals surface area contributed by atoms with E-state index in [2.05, 4.69) is 6.07 Å². The highest BCUT2D eigenvalue weighted by atomic mass is 16.7. The Hall–Kier alpha value is -1.71. The number of rotatable bonds is 4. The van der Waals surface area contributed by atoms with Gasteiger partial charge < -0.3 is 14.2 Å². The molecule has 4 heteroatoms. The normalized spacial score (nSPS) is 10.9. The summed E-state index contributed by atoms with van der Waals surface area (Å²) in [4.78, 5) is 11.5. The van der Waals surface area contributed by atoms with E-state index >= 15 is 0 Å². The predicted molar refractivity (Wildman–Crippen MR) is 67.9 cm³/mol. The average molecular weight is 251 g/mol. The third kappa shape index (κ3) is 5.57. The third-order valence-electron chi connectivity index (χ3n) is 1.80. The summed E-state index contributed by atoms with van der Waals surface area (Å²) in [5.41, 5.74) is -0.572. The second-order valence-electron chi connectivity index (χ2n) is 4.82. The van der Waals surface area contributed by atoms with Crippen LogP contribution in [0.25, 0.3) is 0 Å². The van der Waals surface area contributed by atoms with Gasteiger partial charge in [0.15, 0.2) is 0 Å². The van der Waals surface area contributed by atoms with Crippen molar-refractivity contribution in [2.75, 3.05) is 6.61 Å². The summed E-state index contributed by atoms with van der Waals surface area (Å²) >= 11 is 0. The molecule has 0 atom stereocenters. The molecule has 4 nitrogen and oxygen atoms in total. The van der Waals surface area contributed by atoms with Crippen molar-refractivity contribution in [3.63, 3.8) is 0 Å². The molecule has 0 saturated carbocycles. The number of benzene rings is 1. The van der Waals surface area contributed by atoms with Gasteiger partial charge >= 0.3 is 6.16 Å². The highest BCUT2D eigenvalue weighted by Gasteiger charge is 2.18. The summed E-state index contributed by atoms with van der Waals surface area (Å²) in [5, 5.41) is 0. The van der Waals surface area contributed by atoms with Crippen molar-refractivity contribution >= 4 is 6.16 Å². The van der Waals surface area contributed by atoms with Gasteiger partial charge in [-0.3, -0.25) is 0 Å². The van der Waals surface area contributed by atoms with Gasteiger partial charge in [-0.25, -0.2) is 4.79 Å². The maximum absolute atomic E-state index is 11.5. The van der Waals surface area contributed by atoms with Gasteiger partial charge in [0.1, 0.15) is 17.1 Å². The van der Waals surface area contributed by atoms with Gasteiger partial charge in [-0.05, 0) is 45.4 Å². The fourth-order valence-electron chi connectivity index (χ4n) is 1.16. The molecule has 1 radical (unpaired) electrons. The number of carbonyl (C=O) groups excluding carboxylic acids is 1. The molecule has 99 valence electrons. The van der Waals surface area contributed by atoms with Gasteiger partial charge in [-0.2, -0.15) is 0 Å². The molecule has 0 saturated heterocycles. The molecule has 1 aromatic rings. The molecule has 0 bridgehead atoms. The molecule has 18 heavy (non-hydrogen) atoms. The highest BCUT2D eigenvalue weighted by Crippen LogP contribution is 2.20. The summed E-state index contributed by atoms with van der Waals surface area (Å²) in [6, 6.07) is 7.73. The average Bonchev–Trinajstić information content (AvgIpc) is 2.24. The Morgan fingerprint density at radius 1 is 1.28 bits per heavy atom. The van der Waals surface area contributed by atoms with Crippen molar-refractivity contribution in [3.8, 4) is 11.5 Å². The van der Waals surface area contributed by atoms with Crippen molar-refractivity contribution in [3.05, 3.63) is 24.3 Å². The maximum atomic E-state index is 11.5. The van der Waals surface area contributed by atoms with Crippen molar-refractivity contribution < 1.29 is 19.0 Å². The van der Waals surface area contributed by atoms with Crippen LogP contribution in [-0.2, 0) is 4.74 Å². The van der Waals surface area contributed by atoms with Crippen LogP contribution in [0.15, 0.2) is 18.2 Å². The highest BCUT2D eigenvalue weighted by molar-refractivity contribution is 5.64. The van der Waals surface area contributed by atoms with Crippen LogP contribution < -0.4 is 9.47 Å². The smallest absolute Gasteiger partial charge is 0.493 e. The zero-order chi connectivity index (χ0) is 13.6. The van der Waals surface area contributed by atoms with Crippen LogP contribution in [0.2, 0.25) is 0 Å². The van der Waals surface area contributed by atoms with Gasteiger partial charge in [-0.15, -0.1) is 0 Å². The van der Waals surface area contributed by atoms with Crippen LogP contribution in [0.5, 0.6) is 11.5 Å². The van der Waals surface area contributed by atoms with Crippen molar-refractivity contribution in [2.45, 2.75) is 39.7 Å². The molecule has 0 heterocycles. The lowest BCUT2D eigenvalue weighted by molar-refractivity contribution is 0.0206. The first-order valence-electron chi connectivity index (χ1n) is 5.95. The van der Waals surface area contributed by atoms with Gasteiger partial charge in [0.05, 0.1) is 6.61 Å². The van der Waals surface area contributed by atoms with E-state index in [0.717, 1.165) is 6.42 Å². The summed E-state index contributed by atoms with van der Waals surface area (Å²) in [6.07, 6.45) is 0.181. The van der Waals surface area contributed by atoms with Crippen LogP contribution in [0.3, 0.4) is 0 Å². The monoisotopic (exact) mass is 251 g/mol. The largest absolute Gasteiger partial charge is 0.514 e. The van der Waals surface area contributed by atoms with Gasteiger partial charge in [0.25, 0.3) is 0 Å². The van der Waals surface area contributed by atoms with Crippen molar-refractivity contribution in [1.29, 1.82) is 0 Å². The Morgan fingerprint density at radius 2 is 1.94 bits per heavy atom. The standard InChI is InChI=1S/C14H19O4/c1-5-9-16-11-7-6-8-12(10-11)17-13(15)18-14(2,3)4/h7-8,10H,5,9H2,1-4H3. The molecule has 0 fully saturated rings. The number of carbonyl (C=O) groups is 1. The van der Waals surface area contributed by atoms with Crippen molar-refractivity contribution in [1.82, 2.24) is 0 Å². The number of hydrogen-bond acceptors (Lipinski definition) is 4. The first-order chi connectivity index (χ1) is 8.40. The first kappa shape index (κ1) is 14.4. The fourth-order valence-corrected chi connectivity index (χ4v) is 1.16. The Bertz CT molecular complexity index is 393. The van der Waals surface area contributed by atoms with Crippen LogP contribution in [0, 0.1) is 6.07 Å². The Labute approximate surface area is 108 Å². The van der Waals surface area contributed by atoms with Crippen LogP contribution in [0.1, 0.15) is 34.1 Å². The molecular weight excluding hydrogens is 232 g/mol. The lowest BCUT2D eigenvalue weighted by atomic mass is 10.2. The molecule has 0 N–H and O–H groups in total. The number of ether oxygens (including phenoxy) is 3. The van der Waals surface area contributed by atoms with E-state index in [-0.39, 0.29) is 0 Å². The van der Waals surface area contributed by atoms with Crippen LogP contribution >= 0.6 is 0 Å². The maximum Gasteiger partial charge on any atom is 0.514 e. The molecule has 1 rings (SSSR count). The zero-order valence-electron chi connectivity index (χ0n) is 11.3. The van der Waals surface area contributed by atoms with Crippen LogP contribution in [0.4, 0.5) is 4.79 Å². The summed E-state index contributed by atoms with van der Waals surface area (Å²) < 4.78 is 15.5. The minimum atomic E-state index is -0.733. The van der Waals surface area contributed by atoms with E-state index in [0.29, 0.717) is 18.1 Å². The number of hydrogen-bond donors (Lipinski definition) is 0. The minimum absolute atomic E-state index is 0.359. The Morgan fingerprint density at radius 3 is 2.56 bits per heavy atom. The van der Waals surface area contributed by atoms with Crippen molar-refractivity contribution in [2.24, 2.45) is 0 Å². The molecule has 0 aliphatic rings. The molecule has 0 aromatic heterocycles. The zero-order valence-corrected chi connectivity index (χ0v) is 11.3. The van der Waals surface area contributed by atoms with Gasteiger partial charge in [-0.1, -0.05) is 6.92 Å². The molecule has 0 aliphatic carbocycles. The quantitative estimate of drug-likeness (QED) is 0.606. The minimum Gasteiger partial charge on any atom is -0.493 e. The van der Waals surface area contributed by atoms with Crippen LogP contribution in [-0.4, -0.2) is 18.4 Å². The van der Waals surface area contributed by atoms with E-state index in [9.17, 15) is 4.79 Å². The SMILES string of the molecule is CCCOc1c[c]cc(OC(=O)OC(C)(C)C)c1. The second-order valence-corrected chi connectivity index (χ2v) is 4.82. The lowest BCUT2D eigenvalue weighted by Crippen LogP contribution is -2.25. The molecule has 0 unspecified atom stereocenters. The van der Waals surface area contributed by atoms with E-state index in [1.54, 1.807) is 39.0 Å². The fraction of sp³-hybridized carbons (Fsp3) is 0.500. The Balaban J connectivity index is 2.59. The van der Waals surface area contributed by atoms with E-state index in [4.69, 9.17) is 14.2 Å². The summed E-state index contributed by atoms with van der Waals surface area (Å²) in [7, 11) is 0. The predicted octanol–water partition coefficient (Wildman–Crippen LogP) is 3.59. The summed E-state index contributed by atoms with van der Waals surface area (Å²) in [5.74, 6) is 0.982. The van der Waals surface area contributed by atoms with Gasteiger partial charge in [0.2, 0.25) is 0 Å². The molecule has 0 spiro atoms. The molecule has 0 amide bonds. The first-order valence-corrected chi connectivity index (χ1v) is 5.95. The van der Waals surface area contributed by atoms with Gasteiger partial charge in [0, 0.05) is 6.07 Å². The molecular formula is C14H19O4. The van der Waals surface area contributed by atoms with E-state index in [1.807, 2.05) is 6.92 Å².